The summed E-state index contributed by atoms with van der Waals surface area (Å²) in [6.07, 6.45) is -3.00. The molecule has 3 aromatic rings. The number of piperidine rings is 1. The molecular weight excluding hydrogens is 433 g/mol. The number of nitrogens with zero attached hydrogens (tertiary/aromatic N) is 3. The lowest BCUT2D eigenvalue weighted by Gasteiger charge is -2.32. The molecule has 0 aliphatic carbocycles. The van der Waals surface area contributed by atoms with E-state index in [-0.39, 0.29) is 23.2 Å². The summed E-state index contributed by atoms with van der Waals surface area (Å²) >= 11 is 0. The van der Waals surface area contributed by atoms with Crippen molar-refractivity contribution in [3.05, 3.63) is 75.7 Å². The number of aryl methyl sites for hydroxylation is 1. The maximum Gasteiger partial charge on any atom is 0.416 e. The van der Waals surface area contributed by atoms with Crippen LogP contribution >= 0.6 is 0 Å². The lowest BCUT2D eigenvalue weighted by Crippen LogP contribution is -2.45. The summed E-state index contributed by atoms with van der Waals surface area (Å²) in [4.78, 5) is 27.6. The van der Waals surface area contributed by atoms with Crippen LogP contribution in [0.4, 0.5) is 13.2 Å². The first-order chi connectivity index (χ1) is 15.8. The third-order valence-corrected chi connectivity index (χ3v) is 5.97. The fraction of sp³-hybridized carbons (Fsp3) is 0.375. The van der Waals surface area contributed by atoms with E-state index in [4.69, 9.17) is 0 Å². The van der Waals surface area contributed by atoms with Crippen molar-refractivity contribution >= 4 is 16.7 Å². The first kappa shape index (κ1) is 23.0. The van der Waals surface area contributed by atoms with Gasteiger partial charge in [-0.15, -0.1) is 0 Å². The van der Waals surface area contributed by atoms with E-state index in [2.05, 4.69) is 15.3 Å². The minimum Gasteiger partial charge on any atom is -0.348 e. The number of rotatable bonds is 5. The number of hydrogen-bond donors (Lipinski definition) is 1. The van der Waals surface area contributed by atoms with Crippen molar-refractivity contribution in [1.82, 2.24) is 20.0 Å². The van der Waals surface area contributed by atoms with Gasteiger partial charge >= 0.3 is 6.18 Å². The molecule has 33 heavy (non-hydrogen) atoms. The van der Waals surface area contributed by atoms with Gasteiger partial charge in [-0.2, -0.15) is 18.3 Å². The van der Waals surface area contributed by atoms with Gasteiger partial charge in [0.1, 0.15) is 0 Å². The average Bonchev–Trinajstić information content (AvgIpc) is 2.80. The molecule has 0 bridgehead atoms. The Labute approximate surface area is 189 Å². The molecule has 2 heterocycles. The van der Waals surface area contributed by atoms with E-state index in [1.807, 2.05) is 0 Å². The Morgan fingerprint density at radius 2 is 1.79 bits per heavy atom. The Morgan fingerprint density at radius 3 is 2.45 bits per heavy atom. The molecule has 0 saturated carbocycles. The first-order valence-corrected chi connectivity index (χ1v) is 11.0. The average molecular weight is 458 g/mol. The second-order valence-electron chi connectivity index (χ2n) is 8.24. The van der Waals surface area contributed by atoms with Crippen molar-refractivity contribution in [1.29, 1.82) is 0 Å². The van der Waals surface area contributed by atoms with Crippen molar-refractivity contribution in [3.63, 3.8) is 0 Å². The zero-order valence-corrected chi connectivity index (χ0v) is 18.2. The summed E-state index contributed by atoms with van der Waals surface area (Å²) in [6, 6.07) is 12.2. The van der Waals surface area contributed by atoms with Crippen molar-refractivity contribution in [2.75, 3.05) is 13.1 Å². The fourth-order valence-corrected chi connectivity index (χ4v) is 4.21. The standard InChI is InChI=1S/C24H25F3N4O2/c1-2-31-23(33)20-9-4-3-8-19(20)21(29-31)22(32)28-18-10-12-30(13-11-18)15-16-6-5-7-17(14-16)24(25,26)27/h3-9,14,18H,2,10-13,15H2,1H3,(H,28,32). The van der Waals surface area contributed by atoms with Gasteiger partial charge in [-0.3, -0.25) is 14.5 Å². The number of likely N-dealkylation sites (tertiary alicyclic amines) is 1. The van der Waals surface area contributed by atoms with Gasteiger partial charge in [0.2, 0.25) is 0 Å². The number of halogens is 3. The Hall–Kier alpha value is -3.20. The van der Waals surface area contributed by atoms with Gasteiger partial charge < -0.3 is 5.32 Å². The lowest BCUT2D eigenvalue weighted by atomic mass is 10.0. The Balaban J connectivity index is 1.40. The van der Waals surface area contributed by atoms with E-state index in [0.29, 0.717) is 55.4 Å². The summed E-state index contributed by atoms with van der Waals surface area (Å²) in [6.45, 7) is 3.90. The van der Waals surface area contributed by atoms with Crippen LogP contribution in [0.15, 0.2) is 53.3 Å². The smallest absolute Gasteiger partial charge is 0.348 e. The van der Waals surface area contributed by atoms with E-state index >= 15 is 0 Å². The zero-order chi connectivity index (χ0) is 23.6. The van der Waals surface area contributed by atoms with Gasteiger partial charge in [-0.05, 0) is 37.5 Å². The second-order valence-corrected chi connectivity index (χ2v) is 8.24. The number of carbonyl (C=O) groups is 1. The third-order valence-electron chi connectivity index (χ3n) is 5.97. The molecular formula is C24H25F3N4O2. The maximum absolute atomic E-state index is 13.0. The van der Waals surface area contributed by atoms with E-state index in [1.165, 1.54) is 16.8 Å². The summed E-state index contributed by atoms with van der Waals surface area (Å²) in [5.74, 6) is -0.329. The van der Waals surface area contributed by atoms with Gasteiger partial charge in [-0.1, -0.05) is 36.4 Å². The van der Waals surface area contributed by atoms with Gasteiger partial charge in [0.15, 0.2) is 5.69 Å². The number of amides is 1. The van der Waals surface area contributed by atoms with Crippen LogP contribution in [-0.4, -0.2) is 39.7 Å². The second kappa shape index (κ2) is 9.35. The Bertz CT molecular complexity index is 1210. The number of hydrogen-bond acceptors (Lipinski definition) is 4. The molecule has 4 rings (SSSR count). The van der Waals surface area contributed by atoms with Gasteiger partial charge in [-0.25, -0.2) is 4.68 Å². The highest BCUT2D eigenvalue weighted by Gasteiger charge is 2.30. The van der Waals surface area contributed by atoms with Crippen LogP contribution < -0.4 is 10.9 Å². The van der Waals surface area contributed by atoms with Gasteiger partial charge in [0.25, 0.3) is 11.5 Å². The fourth-order valence-electron chi connectivity index (χ4n) is 4.21. The van der Waals surface area contributed by atoms with Crippen molar-refractivity contribution < 1.29 is 18.0 Å². The molecule has 0 spiro atoms. The van der Waals surface area contributed by atoms with Crippen LogP contribution in [0.1, 0.15) is 41.4 Å². The van der Waals surface area contributed by atoms with E-state index in [1.54, 1.807) is 37.3 Å². The van der Waals surface area contributed by atoms with Crippen LogP contribution in [-0.2, 0) is 19.3 Å². The molecule has 6 nitrogen and oxygen atoms in total. The van der Waals surface area contributed by atoms with Gasteiger partial charge in [0, 0.05) is 37.6 Å². The summed E-state index contributed by atoms with van der Waals surface area (Å²) < 4.78 is 40.1. The van der Waals surface area contributed by atoms with E-state index < -0.39 is 11.7 Å². The molecule has 1 amide bonds. The van der Waals surface area contributed by atoms with Crippen LogP contribution in [0, 0.1) is 0 Å². The highest BCUT2D eigenvalue weighted by atomic mass is 19.4. The minimum atomic E-state index is -4.36. The predicted molar refractivity (Wildman–Crippen MR) is 119 cm³/mol. The minimum absolute atomic E-state index is 0.0715. The number of nitrogens with one attached hydrogen (secondary N) is 1. The molecule has 0 radical (unpaired) electrons. The van der Waals surface area contributed by atoms with E-state index in [9.17, 15) is 22.8 Å². The Kier molecular flexibility index (Phi) is 6.51. The highest BCUT2D eigenvalue weighted by molar-refractivity contribution is 6.04. The number of carbonyl (C=O) groups excluding carboxylic acids is 1. The summed E-state index contributed by atoms with van der Waals surface area (Å²) in [7, 11) is 0. The van der Waals surface area contributed by atoms with Crippen LogP contribution in [0.25, 0.3) is 10.8 Å². The van der Waals surface area contributed by atoms with Crippen LogP contribution in [0.3, 0.4) is 0 Å². The summed E-state index contributed by atoms with van der Waals surface area (Å²) in [5.41, 5.74) is -0.0360. The molecule has 1 N–H and O–H groups in total. The molecule has 2 aromatic carbocycles. The normalized spacial score (nSPS) is 15.6. The van der Waals surface area contributed by atoms with Crippen molar-refractivity contribution in [2.45, 2.75) is 45.1 Å². The number of benzene rings is 2. The topological polar surface area (TPSA) is 67.2 Å². The molecule has 0 atom stereocenters. The number of aromatic nitrogens is 2. The molecule has 1 aliphatic rings. The molecule has 1 saturated heterocycles. The number of fused-ring (bicyclic) bond motifs is 1. The molecule has 9 heteroatoms. The Morgan fingerprint density at radius 1 is 1.09 bits per heavy atom. The molecule has 1 aromatic heterocycles. The maximum atomic E-state index is 13.0. The van der Waals surface area contributed by atoms with Crippen LogP contribution in [0.2, 0.25) is 0 Å². The van der Waals surface area contributed by atoms with Gasteiger partial charge in [0.05, 0.1) is 10.9 Å². The third kappa shape index (κ3) is 5.08. The van der Waals surface area contributed by atoms with Crippen molar-refractivity contribution in [2.24, 2.45) is 0 Å². The molecule has 1 fully saturated rings. The first-order valence-electron chi connectivity index (χ1n) is 11.0. The monoisotopic (exact) mass is 458 g/mol. The molecule has 174 valence electrons. The largest absolute Gasteiger partial charge is 0.416 e. The number of alkyl halides is 3. The molecule has 1 aliphatic heterocycles. The highest BCUT2D eigenvalue weighted by Crippen LogP contribution is 2.30. The van der Waals surface area contributed by atoms with Crippen molar-refractivity contribution in [3.8, 4) is 0 Å². The molecule has 0 unspecified atom stereocenters. The predicted octanol–water partition coefficient (Wildman–Crippen LogP) is 3.83. The zero-order valence-electron chi connectivity index (χ0n) is 18.2. The van der Waals surface area contributed by atoms with E-state index in [0.717, 1.165) is 6.07 Å². The summed E-state index contributed by atoms with van der Waals surface area (Å²) in [5, 5.41) is 8.27. The SMILES string of the molecule is CCn1nc(C(=O)NC2CCN(Cc3cccc(C(F)(F)F)c3)CC2)c2ccccc2c1=O. The quantitative estimate of drug-likeness (QED) is 0.631. The van der Waals surface area contributed by atoms with Crippen LogP contribution in [0.5, 0.6) is 0 Å². The lowest BCUT2D eigenvalue weighted by molar-refractivity contribution is -0.137.